The number of nitrogens with zero attached hydrogens (tertiary/aromatic N) is 2. The van der Waals surface area contributed by atoms with Gasteiger partial charge in [0.25, 0.3) is 0 Å². The van der Waals surface area contributed by atoms with Crippen molar-refractivity contribution < 1.29 is 14.7 Å². The van der Waals surface area contributed by atoms with E-state index in [0.29, 0.717) is 12.5 Å². The highest BCUT2D eigenvalue weighted by molar-refractivity contribution is 5.82. The molecule has 1 aliphatic rings. The first-order valence-corrected chi connectivity index (χ1v) is 7.20. The van der Waals surface area contributed by atoms with Gasteiger partial charge < -0.3 is 10.0 Å². The summed E-state index contributed by atoms with van der Waals surface area (Å²) in [4.78, 5) is 26.9. The van der Waals surface area contributed by atoms with E-state index >= 15 is 0 Å². The van der Waals surface area contributed by atoms with Crippen LogP contribution in [0.2, 0.25) is 0 Å². The molecule has 0 aromatic heterocycles. The summed E-state index contributed by atoms with van der Waals surface area (Å²) in [6.07, 6.45) is 2.94. The molecule has 1 heterocycles. The number of likely N-dealkylation sites (tertiary alicyclic amines) is 1. The third kappa shape index (κ3) is 4.82. The maximum absolute atomic E-state index is 12.4. The average Bonchev–Trinajstić information content (AvgIpc) is 2.37. The van der Waals surface area contributed by atoms with Crippen LogP contribution in [0.1, 0.15) is 40.0 Å². The molecular weight excluding hydrogens is 244 g/mol. The fourth-order valence-corrected chi connectivity index (χ4v) is 2.52. The maximum Gasteiger partial charge on any atom is 0.317 e. The minimum absolute atomic E-state index is 0.0645. The highest BCUT2D eigenvalue weighted by atomic mass is 16.4. The lowest BCUT2D eigenvalue weighted by Crippen LogP contribution is -2.50. The second-order valence-electron chi connectivity index (χ2n) is 5.55. The standard InChI is InChI=1S/C14H26N2O3/c1-4-7-16(10-13(17)18)12(3)14(19)15-8-5-11(2)6-9-15/h11-12H,4-10H2,1-3H3,(H,17,18). The van der Waals surface area contributed by atoms with Crippen molar-refractivity contribution in [3.05, 3.63) is 0 Å². The van der Waals surface area contributed by atoms with E-state index in [1.807, 2.05) is 18.7 Å². The molecule has 1 amide bonds. The third-order valence-corrected chi connectivity index (χ3v) is 3.85. The van der Waals surface area contributed by atoms with E-state index in [1.54, 1.807) is 4.90 Å². The van der Waals surface area contributed by atoms with Gasteiger partial charge in [-0.3, -0.25) is 14.5 Å². The van der Waals surface area contributed by atoms with Gasteiger partial charge in [0.15, 0.2) is 0 Å². The van der Waals surface area contributed by atoms with Crippen LogP contribution in [0.4, 0.5) is 0 Å². The molecular formula is C14H26N2O3. The Bertz CT molecular complexity index is 312. The molecule has 1 aliphatic heterocycles. The van der Waals surface area contributed by atoms with Crippen molar-refractivity contribution in [2.45, 2.75) is 46.1 Å². The van der Waals surface area contributed by atoms with Gasteiger partial charge in [-0.1, -0.05) is 13.8 Å². The number of amides is 1. The van der Waals surface area contributed by atoms with Gasteiger partial charge in [0.2, 0.25) is 5.91 Å². The molecule has 1 saturated heterocycles. The Kier molecular flexibility index (Phi) is 6.28. The molecule has 1 unspecified atom stereocenters. The summed E-state index contributed by atoms with van der Waals surface area (Å²) >= 11 is 0. The first-order chi connectivity index (χ1) is 8.95. The Morgan fingerprint density at radius 1 is 1.37 bits per heavy atom. The number of piperidine rings is 1. The molecule has 0 aromatic carbocycles. The van der Waals surface area contributed by atoms with Crippen LogP contribution in [0.15, 0.2) is 0 Å². The molecule has 0 bridgehead atoms. The Balaban J connectivity index is 2.59. The van der Waals surface area contributed by atoms with Crippen molar-refractivity contribution in [3.63, 3.8) is 0 Å². The van der Waals surface area contributed by atoms with E-state index in [-0.39, 0.29) is 18.5 Å². The molecule has 0 aliphatic carbocycles. The summed E-state index contributed by atoms with van der Waals surface area (Å²) in [6.45, 7) is 8.20. The highest BCUT2D eigenvalue weighted by Crippen LogP contribution is 2.17. The number of hydrogen-bond acceptors (Lipinski definition) is 3. The van der Waals surface area contributed by atoms with Gasteiger partial charge in [-0.25, -0.2) is 0 Å². The van der Waals surface area contributed by atoms with Crippen molar-refractivity contribution >= 4 is 11.9 Å². The number of carbonyl (C=O) groups excluding carboxylic acids is 1. The van der Waals surface area contributed by atoms with Gasteiger partial charge >= 0.3 is 5.97 Å². The normalized spacial score (nSPS) is 18.6. The Hall–Kier alpha value is -1.10. The van der Waals surface area contributed by atoms with Crippen LogP contribution in [0.25, 0.3) is 0 Å². The molecule has 1 fully saturated rings. The third-order valence-electron chi connectivity index (χ3n) is 3.85. The van der Waals surface area contributed by atoms with Crippen molar-refractivity contribution in [3.8, 4) is 0 Å². The zero-order valence-electron chi connectivity index (χ0n) is 12.3. The van der Waals surface area contributed by atoms with Gasteiger partial charge in [-0.05, 0) is 38.6 Å². The monoisotopic (exact) mass is 270 g/mol. The quantitative estimate of drug-likeness (QED) is 0.793. The number of carbonyl (C=O) groups is 2. The summed E-state index contributed by atoms with van der Waals surface area (Å²) in [5, 5.41) is 8.92. The number of rotatable bonds is 6. The van der Waals surface area contributed by atoms with E-state index in [1.165, 1.54) is 0 Å². The zero-order chi connectivity index (χ0) is 14.4. The molecule has 1 atom stereocenters. The fourth-order valence-electron chi connectivity index (χ4n) is 2.52. The van der Waals surface area contributed by atoms with Crippen LogP contribution >= 0.6 is 0 Å². The second-order valence-corrected chi connectivity index (χ2v) is 5.55. The minimum Gasteiger partial charge on any atom is -0.480 e. The van der Waals surface area contributed by atoms with Crippen LogP contribution in [-0.2, 0) is 9.59 Å². The average molecular weight is 270 g/mol. The number of aliphatic carboxylic acids is 1. The van der Waals surface area contributed by atoms with Crippen LogP contribution in [-0.4, -0.2) is 59.0 Å². The molecule has 0 aromatic rings. The van der Waals surface area contributed by atoms with Crippen molar-refractivity contribution in [2.75, 3.05) is 26.2 Å². The van der Waals surface area contributed by atoms with Crippen LogP contribution in [0.3, 0.4) is 0 Å². The van der Waals surface area contributed by atoms with Crippen LogP contribution < -0.4 is 0 Å². The van der Waals surface area contributed by atoms with Gasteiger partial charge in [0, 0.05) is 13.1 Å². The zero-order valence-corrected chi connectivity index (χ0v) is 12.3. The predicted octanol–water partition coefficient (Wildman–Crippen LogP) is 1.43. The molecule has 110 valence electrons. The molecule has 0 spiro atoms. The largest absolute Gasteiger partial charge is 0.480 e. The number of carboxylic acids is 1. The van der Waals surface area contributed by atoms with E-state index < -0.39 is 5.97 Å². The van der Waals surface area contributed by atoms with E-state index in [2.05, 4.69) is 6.92 Å². The first-order valence-electron chi connectivity index (χ1n) is 7.20. The summed E-state index contributed by atoms with van der Waals surface area (Å²) in [6, 6.07) is -0.343. The molecule has 5 heteroatoms. The van der Waals surface area contributed by atoms with Gasteiger partial charge in [0.05, 0.1) is 12.6 Å². The summed E-state index contributed by atoms with van der Waals surface area (Å²) in [7, 11) is 0. The lowest BCUT2D eigenvalue weighted by Gasteiger charge is -2.35. The van der Waals surface area contributed by atoms with Gasteiger partial charge in [-0.2, -0.15) is 0 Å². The minimum atomic E-state index is -0.875. The first kappa shape index (κ1) is 16.0. The molecule has 0 saturated carbocycles. The van der Waals surface area contributed by atoms with Crippen LogP contribution in [0, 0.1) is 5.92 Å². The van der Waals surface area contributed by atoms with Crippen molar-refractivity contribution in [1.82, 2.24) is 9.80 Å². The SMILES string of the molecule is CCCN(CC(=O)O)C(C)C(=O)N1CCC(C)CC1. The molecule has 5 nitrogen and oxygen atoms in total. The second kappa shape index (κ2) is 7.48. The number of hydrogen-bond donors (Lipinski definition) is 1. The maximum atomic E-state index is 12.4. The molecule has 19 heavy (non-hydrogen) atoms. The van der Waals surface area contributed by atoms with Crippen LogP contribution in [0.5, 0.6) is 0 Å². The Morgan fingerprint density at radius 2 is 1.95 bits per heavy atom. The molecule has 1 N–H and O–H groups in total. The van der Waals surface area contributed by atoms with E-state index in [0.717, 1.165) is 32.4 Å². The number of carboxylic acid groups (broad SMARTS) is 1. The Morgan fingerprint density at radius 3 is 2.42 bits per heavy atom. The van der Waals surface area contributed by atoms with Gasteiger partial charge in [0.1, 0.15) is 0 Å². The van der Waals surface area contributed by atoms with Crippen molar-refractivity contribution in [1.29, 1.82) is 0 Å². The van der Waals surface area contributed by atoms with E-state index in [9.17, 15) is 9.59 Å². The Labute approximate surface area is 115 Å². The fraction of sp³-hybridized carbons (Fsp3) is 0.857. The summed E-state index contributed by atoms with van der Waals surface area (Å²) in [5.74, 6) is -0.118. The van der Waals surface area contributed by atoms with Crippen molar-refractivity contribution in [2.24, 2.45) is 5.92 Å². The summed E-state index contributed by atoms with van der Waals surface area (Å²) in [5.41, 5.74) is 0. The smallest absolute Gasteiger partial charge is 0.317 e. The lowest BCUT2D eigenvalue weighted by atomic mass is 9.98. The molecule has 1 rings (SSSR count). The lowest BCUT2D eigenvalue weighted by molar-refractivity contribution is -0.142. The predicted molar refractivity (Wildman–Crippen MR) is 73.9 cm³/mol. The topological polar surface area (TPSA) is 60.9 Å². The highest BCUT2D eigenvalue weighted by Gasteiger charge is 2.28. The summed E-state index contributed by atoms with van der Waals surface area (Å²) < 4.78 is 0. The van der Waals surface area contributed by atoms with Gasteiger partial charge in [-0.15, -0.1) is 0 Å². The van der Waals surface area contributed by atoms with E-state index in [4.69, 9.17) is 5.11 Å². The molecule has 0 radical (unpaired) electrons.